The molecule has 6 nitrogen and oxygen atoms in total. The van der Waals surface area contributed by atoms with E-state index in [0.717, 1.165) is 16.8 Å². The summed E-state index contributed by atoms with van der Waals surface area (Å²) in [6.45, 7) is 3.66. The number of aliphatic hydroxyl groups excluding tert-OH is 1. The van der Waals surface area contributed by atoms with Crippen LogP contribution < -0.4 is 0 Å². The minimum Gasteiger partial charge on any atom is -0.461 e. The smallest absolute Gasteiger partial charge is 0.357 e. The Morgan fingerprint density at radius 2 is 2.04 bits per heavy atom. The maximum Gasteiger partial charge on any atom is 0.357 e. The second kappa shape index (κ2) is 6.18. The van der Waals surface area contributed by atoms with Crippen molar-refractivity contribution in [1.29, 1.82) is 0 Å². The summed E-state index contributed by atoms with van der Waals surface area (Å²) in [5, 5.41) is 14.9. The van der Waals surface area contributed by atoms with E-state index >= 15 is 0 Å². The lowest BCUT2D eigenvalue weighted by Crippen LogP contribution is -2.09. The lowest BCUT2D eigenvalue weighted by Gasteiger charge is -2.07. The van der Waals surface area contributed by atoms with E-state index in [4.69, 9.17) is 4.74 Å². The topological polar surface area (TPSA) is 77.2 Å². The molecular weight excluding hydrogens is 294 g/mol. The number of aromatic nitrogens is 3. The van der Waals surface area contributed by atoms with Crippen LogP contribution in [-0.4, -0.2) is 32.4 Å². The van der Waals surface area contributed by atoms with Crippen molar-refractivity contribution in [3.05, 3.63) is 53.3 Å². The second-order valence-electron chi connectivity index (χ2n) is 5.08. The van der Waals surface area contributed by atoms with Crippen molar-refractivity contribution in [2.24, 2.45) is 0 Å². The number of ether oxygens (including phenoxy) is 1. The van der Waals surface area contributed by atoms with Gasteiger partial charge in [0.1, 0.15) is 0 Å². The zero-order valence-corrected chi connectivity index (χ0v) is 13.0. The Balaban J connectivity index is 2.27. The molecule has 23 heavy (non-hydrogen) atoms. The highest BCUT2D eigenvalue weighted by molar-refractivity contribution is 5.92. The summed E-state index contributed by atoms with van der Waals surface area (Å²) in [6, 6.07) is 11.1. The molecule has 0 fully saturated rings. The first-order chi connectivity index (χ1) is 11.2. The maximum absolute atomic E-state index is 12.0. The van der Waals surface area contributed by atoms with E-state index in [2.05, 4.69) is 10.1 Å². The van der Waals surface area contributed by atoms with Crippen molar-refractivity contribution >= 4 is 17.0 Å². The first kappa shape index (κ1) is 15.2. The van der Waals surface area contributed by atoms with Gasteiger partial charge in [-0.2, -0.15) is 5.10 Å². The maximum atomic E-state index is 12.0. The third kappa shape index (κ3) is 2.68. The molecule has 3 rings (SSSR count). The highest BCUT2D eigenvalue weighted by atomic mass is 16.5. The van der Waals surface area contributed by atoms with Gasteiger partial charge in [-0.15, -0.1) is 0 Å². The Hall–Kier alpha value is -2.73. The van der Waals surface area contributed by atoms with Crippen LogP contribution in [0.3, 0.4) is 0 Å². The largest absolute Gasteiger partial charge is 0.461 e. The molecule has 6 heteroatoms. The molecule has 2 aromatic heterocycles. The second-order valence-corrected chi connectivity index (χ2v) is 5.08. The summed E-state index contributed by atoms with van der Waals surface area (Å²) in [5.74, 6) is -0.512. The molecule has 0 saturated carbocycles. The number of nitrogens with zero attached hydrogens (tertiary/aromatic N) is 3. The number of esters is 1. The average molecular weight is 311 g/mol. The summed E-state index contributed by atoms with van der Waals surface area (Å²) in [7, 11) is 0. The minimum absolute atomic E-state index is 0.167. The standard InChI is InChI=1S/C17H17N3O3/c1-3-23-17(22)14-9-12(10-21)15-11(2)19-20(16(15)18-14)13-7-5-4-6-8-13/h4-9,21H,3,10H2,1-2H3. The van der Waals surface area contributed by atoms with Gasteiger partial charge in [-0.25, -0.2) is 14.5 Å². The van der Waals surface area contributed by atoms with Crippen LogP contribution in [0.25, 0.3) is 16.7 Å². The van der Waals surface area contributed by atoms with Crippen LogP contribution in [-0.2, 0) is 11.3 Å². The number of hydrogen-bond acceptors (Lipinski definition) is 5. The molecule has 0 atom stereocenters. The SMILES string of the molecule is CCOC(=O)c1cc(CO)c2c(C)nn(-c3ccccc3)c2n1. The predicted octanol–water partition coefficient (Wildman–Crippen LogP) is 2.40. The fourth-order valence-electron chi connectivity index (χ4n) is 2.56. The molecule has 3 aromatic rings. The van der Waals surface area contributed by atoms with Crippen LogP contribution in [0.5, 0.6) is 0 Å². The van der Waals surface area contributed by atoms with E-state index in [1.165, 1.54) is 0 Å². The molecule has 0 aliphatic heterocycles. The van der Waals surface area contributed by atoms with Gasteiger partial charge in [0.15, 0.2) is 11.3 Å². The predicted molar refractivity (Wildman–Crippen MR) is 85.5 cm³/mol. The number of hydrogen-bond donors (Lipinski definition) is 1. The first-order valence-electron chi connectivity index (χ1n) is 7.38. The van der Waals surface area contributed by atoms with Crippen LogP contribution in [0, 0.1) is 6.92 Å². The zero-order valence-electron chi connectivity index (χ0n) is 13.0. The Morgan fingerprint density at radius 3 is 2.70 bits per heavy atom. The molecule has 118 valence electrons. The summed E-state index contributed by atoms with van der Waals surface area (Å²) in [5.41, 5.74) is 2.89. The average Bonchev–Trinajstić information content (AvgIpc) is 2.92. The van der Waals surface area contributed by atoms with E-state index in [0.29, 0.717) is 11.2 Å². The van der Waals surface area contributed by atoms with E-state index in [9.17, 15) is 9.90 Å². The van der Waals surface area contributed by atoms with Crippen molar-refractivity contribution in [1.82, 2.24) is 14.8 Å². The molecular formula is C17H17N3O3. The van der Waals surface area contributed by atoms with Gasteiger partial charge in [0.05, 0.1) is 24.6 Å². The van der Waals surface area contributed by atoms with Gasteiger partial charge in [0.25, 0.3) is 0 Å². The molecule has 0 unspecified atom stereocenters. The fourth-order valence-corrected chi connectivity index (χ4v) is 2.56. The molecule has 0 bridgehead atoms. The van der Waals surface area contributed by atoms with E-state index in [1.54, 1.807) is 17.7 Å². The monoisotopic (exact) mass is 311 g/mol. The molecule has 1 N–H and O–H groups in total. The molecule has 0 spiro atoms. The Kier molecular flexibility index (Phi) is 4.08. The normalized spacial score (nSPS) is 10.9. The molecule has 0 saturated heterocycles. The van der Waals surface area contributed by atoms with Crippen LogP contribution >= 0.6 is 0 Å². The molecule has 2 heterocycles. The molecule has 0 aliphatic rings. The van der Waals surface area contributed by atoms with Crippen LogP contribution in [0.4, 0.5) is 0 Å². The quantitative estimate of drug-likeness (QED) is 0.749. The molecule has 1 aromatic carbocycles. The lowest BCUT2D eigenvalue weighted by atomic mass is 10.1. The van der Waals surface area contributed by atoms with Gasteiger partial charge in [-0.3, -0.25) is 0 Å². The van der Waals surface area contributed by atoms with Gasteiger partial charge in [-0.1, -0.05) is 18.2 Å². The zero-order chi connectivity index (χ0) is 16.4. The van der Waals surface area contributed by atoms with Crippen LogP contribution in [0.15, 0.2) is 36.4 Å². The number of benzene rings is 1. The Morgan fingerprint density at radius 1 is 1.30 bits per heavy atom. The number of carbonyl (C=O) groups is 1. The van der Waals surface area contributed by atoms with Gasteiger partial charge < -0.3 is 9.84 Å². The number of rotatable bonds is 4. The number of carbonyl (C=O) groups excluding carboxylic acids is 1. The molecule has 0 aliphatic carbocycles. The fraction of sp³-hybridized carbons (Fsp3) is 0.235. The van der Waals surface area contributed by atoms with Crippen molar-refractivity contribution < 1.29 is 14.6 Å². The van der Waals surface area contributed by atoms with Crippen molar-refractivity contribution in [3.63, 3.8) is 0 Å². The number of aliphatic hydroxyl groups is 1. The van der Waals surface area contributed by atoms with E-state index in [1.807, 2.05) is 37.3 Å². The number of para-hydroxylation sites is 1. The van der Waals surface area contributed by atoms with Crippen molar-refractivity contribution in [2.75, 3.05) is 6.61 Å². The third-order valence-electron chi connectivity index (χ3n) is 3.55. The molecule has 0 amide bonds. The highest BCUT2D eigenvalue weighted by Crippen LogP contribution is 2.25. The summed E-state index contributed by atoms with van der Waals surface area (Å²) < 4.78 is 6.69. The third-order valence-corrected chi connectivity index (χ3v) is 3.55. The van der Waals surface area contributed by atoms with Gasteiger partial charge in [0, 0.05) is 5.39 Å². The highest BCUT2D eigenvalue weighted by Gasteiger charge is 2.19. The lowest BCUT2D eigenvalue weighted by molar-refractivity contribution is 0.0519. The van der Waals surface area contributed by atoms with Crippen molar-refractivity contribution in [2.45, 2.75) is 20.5 Å². The summed E-state index contributed by atoms with van der Waals surface area (Å²) in [6.07, 6.45) is 0. The summed E-state index contributed by atoms with van der Waals surface area (Å²) in [4.78, 5) is 16.4. The van der Waals surface area contributed by atoms with Crippen molar-refractivity contribution in [3.8, 4) is 5.69 Å². The number of fused-ring (bicyclic) bond motifs is 1. The first-order valence-corrected chi connectivity index (χ1v) is 7.38. The minimum atomic E-state index is -0.512. The van der Waals surface area contributed by atoms with E-state index < -0.39 is 5.97 Å². The van der Waals surface area contributed by atoms with Crippen LogP contribution in [0.1, 0.15) is 28.7 Å². The molecule has 0 radical (unpaired) electrons. The Labute approximate surface area is 133 Å². The summed E-state index contributed by atoms with van der Waals surface area (Å²) >= 11 is 0. The Bertz CT molecular complexity index is 856. The van der Waals surface area contributed by atoms with Crippen LogP contribution in [0.2, 0.25) is 0 Å². The van der Waals surface area contributed by atoms with Gasteiger partial charge in [0.2, 0.25) is 0 Å². The number of aryl methyl sites for hydroxylation is 1. The number of pyridine rings is 1. The van der Waals surface area contributed by atoms with E-state index in [-0.39, 0.29) is 18.9 Å². The van der Waals surface area contributed by atoms with Gasteiger partial charge in [-0.05, 0) is 37.6 Å². The van der Waals surface area contributed by atoms with Gasteiger partial charge >= 0.3 is 5.97 Å².